The van der Waals surface area contributed by atoms with Gasteiger partial charge in [-0.15, -0.1) is 0 Å². The molecule has 1 aromatic heterocycles. The molecule has 1 aromatic rings. The Balaban J connectivity index is 1.49. The van der Waals surface area contributed by atoms with Gasteiger partial charge in [-0.3, -0.25) is 4.68 Å². The van der Waals surface area contributed by atoms with Gasteiger partial charge in [-0.25, -0.2) is 4.79 Å². The second-order valence-corrected chi connectivity index (χ2v) is 5.87. The van der Waals surface area contributed by atoms with E-state index in [-0.39, 0.29) is 6.03 Å². The second kappa shape index (κ2) is 5.73. The Labute approximate surface area is 119 Å². The van der Waals surface area contributed by atoms with Crippen molar-refractivity contribution in [2.75, 3.05) is 18.8 Å². The van der Waals surface area contributed by atoms with Crippen LogP contribution in [0.4, 0.5) is 10.6 Å². The third-order valence-electron chi connectivity index (χ3n) is 4.44. The zero-order chi connectivity index (χ0) is 13.9. The summed E-state index contributed by atoms with van der Waals surface area (Å²) in [5, 5.41) is 7.41. The van der Waals surface area contributed by atoms with E-state index in [1.54, 1.807) is 0 Å². The lowest BCUT2D eigenvalue weighted by molar-refractivity contribution is 0.165. The van der Waals surface area contributed by atoms with Gasteiger partial charge in [0.2, 0.25) is 0 Å². The first-order valence-corrected chi connectivity index (χ1v) is 7.58. The quantitative estimate of drug-likeness (QED) is 0.864. The van der Waals surface area contributed by atoms with E-state index in [0.29, 0.717) is 17.9 Å². The number of rotatable bonds is 2. The van der Waals surface area contributed by atoms with Gasteiger partial charge in [0, 0.05) is 25.3 Å². The maximum absolute atomic E-state index is 12.2. The van der Waals surface area contributed by atoms with Crippen molar-refractivity contribution in [1.82, 2.24) is 20.0 Å². The number of hydrogen-bond acceptors (Lipinski definition) is 3. The molecular weight excluding hydrogens is 254 g/mol. The van der Waals surface area contributed by atoms with Crippen LogP contribution in [0.2, 0.25) is 0 Å². The molecule has 2 fully saturated rings. The lowest BCUT2D eigenvalue weighted by atomic mass is 10.1. The summed E-state index contributed by atoms with van der Waals surface area (Å²) in [4.78, 5) is 14.1. The van der Waals surface area contributed by atoms with Crippen molar-refractivity contribution in [2.24, 2.45) is 0 Å². The lowest BCUT2D eigenvalue weighted by Gasteiger charge is -2.32. The number of likely N-dealkylation sites (tertiary alicyclic amines) is 1. The SMILES string of the molecule is Nc1ccn(C2CCN(C(=O)NC3CCCC3)CC2)n1. The minimum Gasteiger partial charge on any atom is -0.382 e. The number of nitrogens with zero attached hydrogens (tertiary/aromatic N) is 3. The molecule has 0 radical (unpaired) electrons. The normalized spacial score (nSPS) is 21.3. The summed E-state index contributed by atoms with van der Waals surface area (Å²) < 4.78 is 1.93. The van der Waals surface area contributed by atoms with Crippen LogP contribution >= 0.6 is 0 Å². The van der Waals surface area contributed by atoms with E-state index in [0.717, 1.165) is 38.8 Å². The van der Waals surface area contributed by atoms with Crippen LogP contribution in [0.3, 0.4) is 0 Å². The van der Waals surface area contributed by atoms with Gasteiger partial charge in [-0.05, 0) is 31.7 Å². The Kier molecular flexibility index (Phi) is 3.80. The third kappa shape index (κ3) is 2.89. The van der Waals surface area contributed by atoms with Gasteiger partial charge in [0.25, 0.3) is 0 Å². The van der Waals surface area contributed by atoms with Crippen molar-refractivity contribution in [3.8, 4) is 0 Å². The van der Waals surface area contributed by atoms with Crippen molar-refractivity contribution >= 4 is 11.8 Å². The summed E-state index contributed by atoms with van der Waals surface area (Å²) >= 11 is 0. The molecule has 20 heavy (non-hydrogen) atoms. The van der Waals surface area contributed by atoms with Crippen molar-refractivity contribution in [3.63, 3.8) is 0 Å². The van der Waals surface area contributed by atoms with Gasteiger partial charge in [-0.1, -0.05) is 12.8 Å². The highest BCUT2D eigenvalue weighted by molar-refractivity contribution is 5.74. The highest BCUT2D eigenvalue weighted by Gasteiger charge is 2.26. The molecule has 3 rings (SSSR count). The summed E-state index contributed by atoms with van der Waals surface area (Å²) in [7, 11) is 0. The van der Waals surface area contributed by atoms with E-state index in [9.17, 15) is 4.79 Å². The number of carbonyl (C=O) groups excluding carboxylic acids is 1. The average Bonchev–Trinajstić information content (AvgIpc) is 3.10. The number of nitrogens with one attached hydrogen (secondary N) is 1. The molecule has 0 bridgehead atoms. The molecule has 1 aliphatic heterocycles. The van der Waals surface area contributed by atoms with Crippen molar-refractivity contribution in [1.29, 1.82) is 0 Å². The van der Waals surface area contributed by atoms with Crippen molar-refractivity contribution < 1.29 is 4.79 Å². The molecule has 110 valence electrons. The molecule has 2 aliphatic rings. The van der Waals surface area contributed by atoms with E-state index >= 15 is 0 Å². The number of amides is 2. The first-order valence-electron chi connectivity index (χ1n) is 7.58. The Morgan fingerprint density at radius 3 is 2.55 bits per heavy atom. The first-order chi connectivity index (χ1) is 9.72. The van der Waals surface area contributed by atoms with Crippen LogP contribution in [0, 0.1) is 0 Å². The lowest BCUT2D eigenvalue weighted by Crippen LogP contribution is -2.47. The predicted molar refractivity (Wildman–Crippen MR) is 77.3 cm³/mol. The first kappa shape index (κ1) is 13.3. The molecule has 0 atom stereocenters. The Hall–Kier alpha value is -1.72. The summed E-state index contributed by atoms with van der Waals surface area (Å²) in [6, 6.07) is 2.68. The monoisotopic (exact) mass is 277 g/mol. The van der Waals surface area contributed by atoms with Crippen LogP contribution in [-0.4, -0.2) is 39.8 Å². The molecule has 0 aromatic carbocycles. The van der Waals surface area contributed by atoms with Gasteiger partial charge in [0.1, 0.15) is 5.82 Å². The fraction of sp³-hybridized carbons (Fsp3) is 0.714. The number of carbonyl (C=O) groups is 1. The van der Waals surface area contributed by atoms with E-state index < -0.39 is 0 Å². The molecule has 1 saturated heterocycles. The second-order valence-electron chi connectivity index (χ2n) is 5.87. The fourth-order valence-corrected chi connectivity index (χ4v) is 3.23. The summed E-state index contributed by atoms with van der Waals surface area (Å²) in [6.45, 7) is 1.59. The highest BCUT2D eigenvalue weighted by Crippen LogP contribution is 2.23. The van der Waals surface area contributed by atoms with Crippen LogP contribution in [0.5, 0.6) is 0 Å². The number of nitrogen functional groups attached to an aromatic ring is 1. The standard InChI is InChI=1S/C14H23N5O/c15-13-7-10-19(17-13)12-5-8-18(9-6-12)14(20)16-11-3-1-2-4-11/h7,10-12H,1-6,8-9H2,(H2,15,17)(H,16,20). The molecule has 0 unspecified atom stereocenters. The van der Waals surface area contributed by atoms with Crippen LogP contribution in [0.15, 0.2) is 12.3 Å². The van der Waals surface area contributed by atoms with E-state index in [4.69, 9.17) is 5.73 Å². The molecule has 2 amide bonds. The van der Waals surface area contributed by atoms with Crippen LogP contribution in [0.25, 0.3) is 0 Å². The molecule has 0 spiro atoms. The Bertz CT molecular complexity index is 458. The zero-order valence-corrected chi connectivity index (χ0v) is 11.8. The van der Waals surface area contributed by atoms with E-state index in [2.05, 4.69) is 10.4 Å². The van der Waals surface area contributed by atoms with Gasteiger partial charge >= 0.3 is 6.03 Å². The highest BCUT2D eigenvalue weighted by atomic mass is 16.2. The number of hydrogen-bond donors (Lipinski definition) is 2. The smallest absolute Gasteiger partial charge is 0.317 e. The number of anilines is 1. The maximum atomic E-state index is 12.2. The number of urea groups is 1. The van der Waals surface area contributed by atoms with Gasteiger partial charge in [0.05, 0.1) is 6.04 Å². The Morgan fingerprint density at radius 2 is 1.95 bits per heavy atom. The van der Waals surface area contributed by atoms with Crippen LogP contribution in [0.1, 0.15) is 44.6 Å². The number of aromatic nitrogens is 2. The minimum absolute atomic E-state index is 0.107. The largest absolute Gasteiger partial charge is 0.382 e. The predicted octanol–water partition coefficient (Wildman–Crippen LogP) is 1.75. The summed E-state index contributed by atoms with van der Waals surface area (Å²) in [5.74, 6) is 0.561. The average molecular weight is 277 g/mol. The molecule has 3 N–H and O–H groups in total. The summed E-state index contributed by atoms with van der Waals surface area (Å²) in [5.41, 5.74) is 5.65. The Morgan fingerprint density at radius 1 is 1.25 bits per heavy atom. The topological polar surface area (TPSA) is 76.2 Å². The minimum atomic E-state index is 0.107. The van der Waals surface area contributed by atoms with Crippen LogP contribution in [-0.2, 0) is 0 Å². The molecule has 1 aliphatic carbocycles. The molecule has 6 heteroatoms. The van der Waals surface area contributed by atoms with Gasteiger partial charge in [0.15, 0.2) is 0 Å². The summed E-state index contributed by atoms with van der Waals surface area (Å²) in [6.07, 6.45) is 8.57. The maximum Gasteiger partial charge on any atom is 0.317 e. The number of piperidine rings is 1. The van der Waals surface area contributed by atoms with E-state index in [1.165, 1.54) is 12.8 Å². The fourth-order valence-electron chi connectivity index (χ4n) is 3.23. The van der Waals surface area contributed by atoms with Crippen molar-refractivity contribution in [2.45, 2.75) is 50.6 Å². The zero-order valence-electron chi connectivity index (χ0n) is 11.8. The third-order valence-corrected chi connectivity index (χ3v) is 4.44. The number of nitrogens with two attached hydrogens (primary N) is 1. The molecule has 1 saturated carbocycles. The van der Waals surface area contributed by atoms with Crippen molar-refractivity contribution in [3.05, 3.63) is 12.3 Å². The molecule has 6 nitrogen and oxygen atoms in total. The van der Waals surface area contributed by atoms with Crippen LogP contribution < -0.4 is 11.1 Å². The molecule has 2 heterocycles. The van der Waals surface area contributed by atoms with Gasteiger partial charge < -0.3 is 16.0 Å². The van der Waals surface area contributed by atoms with Gasteiger partial charge in [-0.2, -0.15) is 5.10 Å². The van der Waals surface area contributed by atoms with E-state index in [1.807, 2.05) is 21.8 Å². The molecular formula is C14H23N5O.